The van der Waals surface area contributed by atoms with E-state index in [4.69, 9.17) is 15.6 Å². The molecule has 0 radical (unpaired) electrons. The Labute approximate surface area is 95.0 Å². The molecule has 88 valence electrons. The van der Waals surface area contributed by atoms with E-state index in [2.05, 4.69) is 0 Å². The summed E-state index contributed by atoms with van der Waals surface area (Å²) in [4.78, 5) is 10.9. The molecule has 1 atom stereocenters. The van der Waals surface area contributed by atoms with Crippen molar-refractivity contribution >= 4 is 5.97 Å². The highest BCUT2D eigenvalue weighted by Crippen LogP contribution is 2.15. The standard InChI is InChI=1S/C12H17NO3/c1-2-3-11(12(14)15)16-10-6-4-9(8-13)5-7-10/h4-7,11H,2-3,8,13H2,1H3,(H,14,15). The Morgan fingerprint density at radius 3 is 2.50 bits per heavy atom. The number of nitrogens with two attached hydrogens (primary N) is 1. The molecule has 1 aromatic carbocycles. The van der Waals surface area contributed by atoms with Crippen LogP contribution >= 0.6 is 0 Å². The number of carbonyl (C=O) groups is 1. The van der Waals surface area contributed by atoms with E-state index in [1.54, 1.807) is 12.1 Å². The second kappa shape index (κ2) is 6.12. The maximum absolute atomic E-state index is 10.9. The van der Waals surface area contributed by atoms with Gasteiger partial charge in [0.05, 0.1) is 0 Å². The average Bonchev–Trinajstić information content (AvgIpc) is 2.29. The minimum Gasteiger partial charge on any atom is -0.479 e. The SMILES string of the molecule is CCCC(Oc1ccc(CN)cc1)C(=O)O. The molecule has 0 heterocycles. The maximum Gasteiger partial charge on any atom is 0.344 e. The minimum atomic E-state index is -0.926. The highest BCUT2D eigenvalue weighted by Gasteiger charge is 2.17. The zero-order valence-electron chi connectivity index (χ0n) is 9.35. The summed E-state index contributed by atoms with van der Waals surface area (Å²) in [5, 5.41) is 8.92. The monoisotopic (exact) mass is 223 g/mol. The van der Waals surface area contributed by atoms with Crippen LogP contribution in [0.15, 0.2) is 24.3 Å². The summed E-state index contributed by atoms with van der Waals surface area (Å²) in [5.41, 5.74) is 6.46. The van der Waals surface area contributed by atoms with Gasteiger partial charge in [0.15, 0.2) is 6.10 Å². The molecular weight excluding hydrogens is 206 g/mol. The number of carboxylic acid groups (broad SMARTS) is 1. The second-order valence-electron chi connectivity index (χ2n) is 3.58. The quantitative estimate of drug-likeness (QED) is 0.771. The van der Waals surface area contributed by atoms with Gasteiger partial charge in [0.25, 0.3) is 0 Å². The van der Waals surface area contributed by atoms with E-state index in [1.807, 2.05) is 19.1 Å². The van der Waals surface area contributed by atoms with Crippen molar-refractivity contribution in [1.29, 1.82) is 0 Å². The molecule has 4 nitrogen and oxygen atoms in total. The number of rotatable bonds is 6. The third-order valence-electron chi connectivity index (χ3n) is 2.26. The number of hydrogen-bond donors (Lipinski definition) is 2. The van der Waals surface area contributed by atoms with Gasteiger partial charge in [-0.2, -0.15) is 0 Å². The molecule has 4 heteroatoms. The van der Waals surface area contributed by atoms with Gasteiger partial charge in [-0.25, -0.2) is 4.79 Å². The van der Waals surface area contributed by atoms with E-state index in [1.165, 1.54) is 0 Å². The molecule has 0 aliphatic rings. The van der Waals surface area contributed by atoms with Gasteiger partial charge in [0.2, 0.25) is 0 Å². The summed E-state index contributed by atoms with van der Waals surface area (Å²) in [7, 11) is 0. The zero-order valence-corrected chi connectivity index (χ0v) is 9.35. The fraction of sp³-hybridized carbons (Fsp3) is 0.417. The van der Waals surface area contributed by atoms with E-state index in [-0.39, 0.29) is 0 Å². The van der Waals surface area contributed by atoms with Crippen LogP contribution in [0.5, 0.6) is 5.75 Å². The molecule has 16 heavy (non-hydrogen) atoms. The topological polar surface area (TPSA) is 72.5 Å². The maximum atomic E-state index is 10.9. The van der Waals surface area contributed by atoms with Gasteiger partial charge >= 0.3 is 5.97 Å². The lowest BCUT2D eigenvalue weighted by molar-refractivity contribution is -0.145. The average molecular weight is 223 g/mol. The summed E-state index contributed by atoms with van der Waals surface area (Å²) >= 11 is 0. The molecule has 1 unspecified atom stereocenters. The van der Waals surface area contributed by atoms with Crippen LogP contribution in [0.4, 0.5) is 0 Å². The molecule has 1 rings (SSSR count). The number of aliphatic carboxylic acids is 1. The number of hydrogen-bond acceptors (Lipinski definition) is 3. The lowest BCUT2D eigenvalue weighted by atomic mass is 10.2. The molecule has 0 amide bonds. The first-order chi connectivity index (χ1) is 7.67. The Morgan fingerprint density at radius 1 is 1.44 bits per heavy atom. The van der Waals surface area contributed by atoms with E-state index in [9.17, 15) is 4.79 Å². The molecule has 0 aliphatic heterocycles. The van der Waals surface area contributed by atoms with Gasteiger partial charge in [-0.1, -0.05) is 25.5 Å². The van der Waals surface area contributed by atoms with Crippen molar-refractivity contribution < 1.29 is 14.6 Å². The summed E-state index contributed by atoms with van der Waals surface area (Å²) in [6.45, 7) is 2.40. The molecule has 0 saturated heterocycles. The molecule has 0 aromatic heterocycles. The normalized spacial score (nSPS) is 12.1. The van der Waals surface area contributed by atoms with Gasteiger partial charge < -0.3 is 15.6 Å². The first-order valence-electron chi connectivity index (χ1n) is 5.35. The van der Waals surface area contributed by atoms with Crippen molar-refractivity contribution in [3.05, 3.63) is 29.8 Å². The van der Waals surface area contributed by atoms with Crippen molar-refractivity contribution in [3.63, 3.8) is 0 Å². The predicted molar refractivity (Wildman–Crippen MR) is 61.3 cm³/mol. The Hall–Kier alpha value is -1.55. The van der Waals surface area contributed by atoms with E-state index < -0.39 is 12.1 Å². The molecule has 0 aliphatic carbocycles. The predicted octanol–water partition coefficient (Wildman–Crippen LogP) is 1.78. The molecule has 0 bridgehead atoms. The summed E-state index contributed by atoms with van der Waals surface area (Å²) in [6, 6.07) is 7.15. The Morgan fingerprint density at radius 2 is 2.06 bits per heavy atom. The van der Waals surface area contributed by atoms with Crippen LogP contribution in [0.2, 0.25) is 0 Å². The molecule has 1 aromatic rings. The van der Waals surface area contributed by atoms with Crippen LogP contribution in [0.1, 0.15) is 25.3 Å². The number of carboxylic acids is 1. The summed E-state index contributed by atoms with van der Waals surface area (Å²) in [5.74, 6) is -0.359. The number of benzene rings is 1. The third kappa shape index (κ3) is 3.55. The Balaban J connectivity index is 2.65. The number of ether oxygens (including phenoxy) is 1. The van der Waals surface area contributed by atoms with E-state index in [0.29, 0.717) is 18.7 Å². The molecule has 0 fully saturated rings. The highest BCUT2D eigenvalue weighted by molar-refractivity contribution is 5.72. The summed E-state index contributed by atoms with van der Waals surface area (Å²) < 4.78 is 5.38. The van der Waals surface area contributed by atoms with Gasteiger partial charge in [0, 0.05) is 6.54 Å². The molecular formula is C12H17NO3. The Bertz CT molecular complexity index is 335. The smallest absolute Gasteiger partial charge is 0.344 e. The van der Waals surface area contributed by atoms with Crippen LogP contribution in [0.25, 0.3) is 0 Å². The van der Waals surface area contributed by atoms with Crippen molar-refractivity contribution in [2.75, 3.05) is 0 Å². The highest BCUT2D eigenvalue weighted by atomic mass is 16.5. The van der Waals surface area contributed by atoms with Crippen molar-refractivity contribution in [1.82, 2.24) is 0 Å². The van der Waals surface area contributed by atoms with Crippen LogP contribution in [-0.4, -0.2) is 17.2 Å². The second-order valence-corrected chi connectivity index (χ2v) is 3.58. The molecule has 0 saturated carbocycles. The van der Waals surface area contributed by atoms with Crippen LogP contribution < -0.4 is 10.5 Å². The van der Waals surface area contributed by atoms with Crippen molar-refractivity contribution in [2.45, 2.75) is 32.4 Å². The largest absolute Gasteiger partial charge is 0.479 e. The first-order valence-corrected chi connectivity index (χ1v) is 5.35. The van der Waals surface area contributed by atoms with Crippen molar-refractivity contribution in [2.24, 2.45) is 5.73 Å². The summed E-state index contributed by atoms with van der Waals surface area (Å²) in [6.07, 6.45) is 0.514. The molecule has 3 N–H and O–H groups in total. The van der Waals surface area contributed by atoms with Crippen LogP contribution in [-0.2, 0) is 11.3 Å². The van der Waals surface area contributed by atoms with Gasteiger partial charge in [-0.15, -0.1) is 0 Å². The fourth-order valence-corrected chi connectivity index (χ4v) is 1.36. The first kappa shape index (κ1) is 12.5. The lowest BCUT2D eigenvalue weighted by Crippen LogP contribution is -2.26. The van der Waals surface area contributed by atoms with E-state index >= 15 is 0 Å². The van der Waals surface area contributed by atoms with Crippen LogP contribution in [0, 0.1) is 0 Å². The third-order valence-corrected chi connectivity index (χ3v) is 2.26. The minimum absolute atomic E-state index is 0.470. The zero-order chi connectivity index (χ0) is 12.0. The van der Waals surface area contributed by atoms with Crippen molar-refractivity contribution in [3.8, 4) is 5.75 Å². The molecule has 0 spiro atoms. The van der Waals surface area contributed by atoms with E-state index in [0.717, 1.165) is 12.0 Å². The van der Waals surface area contributed by atoms with Gasteiger partial charge in [0.1, 0.15) is 5.75 Å². The van der Waals surface area contributed by atoms with Crippen LogP contribution in [0.3, 0.4) is 0 Å². The fourth-order valence-electron chi connectivity index (χ4n) is 1.36. The van der Waals surface area contributed by atoms with Gasteiger partial charge in [-0.05, 0) is 24.1 Å². The Kier molecular flexibility index (Phi) is 4.79. The van der Waals surface area contributed by atoms with Gasteiger partial charge in [-0.3, -0.25) is 0 Å². The lowest BCUT2D eigenvalue weighted by Gasteiger charge is -2.14.